The van der Waals surface area contributed by atoms with Crippen molar-refractivity contribution in [3.8, 4) is 0 Å². The van der Waals surface area contributed by atoms with Crippen LogP contribution in [0.5, 0.6) is 0 Å². The minimum Gasteiger partial charge on any atom is -0.303 e. The quantitative estimate of drug-likeness (QED) is 0.587. The number of amides is 1. The molecule has 0 aliphatic carbocycles. The lowest BCUT2D eigenvalue weighted by atomic mass is 10.3. The summed E-state index contributed by atoms with van der Waals surface area (Å²) < 4.78 is 0. The van der Waals surface area contributed by atoms with E-state index < -0.39 is 0 Å². The summed E-state index contributed by atoms with van der Waals surface area (Å²) >= 11 is 1.35. The lowest BCUT2D eigenvalue weighted by molar-refractivity contribution is -0.116. The zero-order valence-electron chi connectivity index (χ0n) is 7.75. The van der Waals surface area contributed by atoms with Crippen LogP contribution in [-0.2, 0) is 4.79 Å². The first kappa shape index (κ1) is 9.85. The molecule has 0 spiro atoms. The molecule has 15 heavy (non-hydrogen) atoms. The minimum absolute atomic E-state index is 0.0321. The normalized spacial score (nSPS) is 18.7. The molecule has 6 heteroatoms. The van der Waals surface area contributed by atoms with Gasteiger partial charge in [0.05, 0.1) is 12.0 Å². The van der Waals surface area contributed by atoms with E-state index in [0.29, 0.717) is 10.9 Å². The first-order valence-electron chi connectivity index (χ1n) is 4.28. The van der Waals surface area contributed by atoms with Crippen molar-refractivity contribution in [3.63, 3.8) is 0 Å². The summed E-state index contributed by atoms with van der Waals surface area (Å²) in [5.41, 5.74) is 0.871. The van der Waals surface area contributed by atoms with Crippen molar-refractivity contribution in [2.45, 2.75) is 0 Å². The monoisotopic (exact) mass is 220 g/mol. The Bertz CT molecular complexity index is 415. The van der Waals surface area contributed by atoms with Gasteiger partial charge in [0.1, 0.15) is 0 Å². The van der Waals surface area contributed by atoms with Gasteiger partial charge in [-0.25, -0.2) is 0 Å². The van der Waals surface area contributed by atoms with E-state index in [-0.39, 0.29) is 5.91 Å². The van der Waals surface area contributed by atoms with Crippen LogP contribution in [-0.4, -0.2) is 28.0 Å². The average Bonchev–Trinajstić information content (AvgIpc) is 2.66. The summed E-state index contributed by atoms with van der Waals surface area (Å²) in [5, 5.41) is 10.8. The predicted octanol–water partition coefficient (Wildman–Crippen LogP) is 0.635. The molecule has 0 unspecified atom stereocenters. The standard InChI is InChI=1S/C9H8N4OS/c14-8-6-15-9(12-8)13-11-5-7-2-1-3-10-4-7/h1-5H,6H2,(H,12,13,14). The highest BCUT2D eigenvalue weighted by atomic mass is 32.2. The van der Waals surface area contributed by atoms with E-state index in [1.54, 1.807) is 18.6 Å². The molecule has 0 radical (unpaired) electrons. The number of thioether (sulfide) groups is 1. The van der Waals surface area contributed by atoms with Crippen molar-refractivity contribution >= 4 is 29.1 Å². The first-order valence-corrected chi connectivity index (χ1v) is 5.27. The second-order valence-corrected chi connectivity index (χ2v) is 3.74. The van der Waals surface area contributed by atoms with E-state index in [1.807, 2.05) is 12.1 Å². The van der Waals surface area contributed by atoms with Gasteiger partial charge in [0.2, 0.25) is 5.91 Å². The Morgan fingerprint density at radius 3 is 3.20 bits per heavy atom. The van der Waals surface area contributed by atoms with Crippen LogP contribution in [0.2, 0.25) is 0 Å². The summed E-state index contributed by atoms with van der Waals surface area (Å²) in [5.74, 6) is 0.386. The average molecular weight is 220 g/mol. The van der Waals surface area contributed by atoms with E-state index >= 15 is 0 Å². The zero-order chi connectivity index (χ0) is 10.5. The van der Waals surface area contributed by atoms with E-state index in [1.165, 1.54) is 11.8 Å². The van der Waals surface area contributed by atoms with Crippen LogP contribution >= 0.6 is 11.8 Å². The Kier molecular flexibility index (Phi) is 3.08. The summed E-state index contributed by atoms with van der Waals surface area (Å²) in [4.78, 5) is 14.7. The maximum Gasteiger partial charge on any atom is 0.236 e. The van der Waals surface area contributed by atoms with Crippen molar-refractivity contribution in [2.24, 2.45) is 10.2 Å². The second-order valence-electron chi connectivity index (χ2n) is 2.77. The van der Waals surface area contributed by atoms with Gasteiger partial charge in [0, 0.05) is 18.0 Å². The summed E-state index contributed by atoms with van der Waals surface area (Å²) in [7, 11) is 0. The molecule has 1 aliphatic heterocycles. The maximum atomic E-state index is 10.8. The molecule has 1 aliphatic rings. The molecule has 2 heterocycles. The lowest BCUT2D eigenvalue weighted by Crippen LogP contribution is -2.19. The molecule has 1 saturated heterocycles. The SMILES string of the molecule is O=C1CSC(=NN=Cc2cccnc2)N1. The van der Waals surface area contributed by atoms with Crippen molar-refractivity contribution in [2.75, 3.05) is 5.75 Å². The predicted molar refractivity (Wildman–Crippen MR) is 59.9 cm³/mol. The van der Waals surface area contributed by atoms with Crippen molar-refractivity contribution in [1.29, 1.82) is 0 Å². The molecule has 0 saturated carbocycles. The van der Waals surface area contributed by atoms with Gasteiger partial charge >= 0.3 is 0 Å². The van der Waals surface area contributed by atoms with E-state index in [9.17, 15) is 4.79 Å². The molecular formula is C9H8N4OS. The number of hydrogen-bond acceptors (Lipinski definition) is 5. The highest BCUT2D eigenvalue weighted by molar-refractivity contribution is 8.15. The van der Waals surface area contributed by atoms with Crippen LogP contribution in [0.3, 0.4) is 0 Å². The number of aromatic nitrogens is 1. The Morgan fingerprint density at radius 2 is 2.53 bits per heavy atom. The largest absolute Gasteiger partial charge is 0.303 e. The molecular weight excluding hydrogens is 212 g/mol. The molecule has 0 aromatic carbocycles. The first-order chi connectivity index (χ1) is 7.34. The fraction of sp³-hybridized carbons (Fsp3) is 0.111. The molecule has 76 valence electrons. The van der Waals surface area contributed by atoms with E-state index in [2.05, 4.69) is 20.5 Å². The van der Waals surface area contributed by atoms with Crippen LogP contribution in [0.15, 0.2) is 34.7 Å². The van der Waals surface area contributed by atoms with Crippen LogP contribution < -0.4 is 5.32 Å². The fourth-order valence-electron chi connectivity index (χ4n) is 0.980. The Labute approximate surface area is 90.7 Å². The van der Waals surface area contributed by atoms with Crippen LogP contribution in [0.1, 0.15) is 5.56 Å². The third kappa shape index (κ3) is 2.88. The molecule has 1 aromatic heterocycles. The molecule has 1 amide bonds. The lowest BCUT2D eigenvalue weighted by Gasteiger charge is -1.90. The van der Waals surface area contributed by atoms with Gasteiger partial charge in [-0.2, -0.15) is 5.10 Å². The molecule has 1 fully saturated rings. The Balaban J connectivity index is 1.98. The summed E-state index contributed by atoms with van der Waals surface area (Å²) in [6, 6.07) is 3.69. The van der Waals surface area contributed by atoms with Gasteiger partial charge in [-0.1, -0.05) is 17.8 Å². The Hall–Kier alpha value is -1.69. The summed E-state index contributed by atoms with van der Waals surface area (Å²) in [6.45, 7) is 0. The van der Waals surface area contributed by atoms with Crippen molar-refractivity contribution < 1.29 is 4.79 Å². The fourth-order valence-corrected chi connectivity index (χ4v) is 1.61. The number of nitrogens with one attached hydrogen (secondary N) is 1. The molecule has 1 aromatic rings. The minimum atomic E-state index is -0.0321. The molecule has 0 atom stereocenters. The van der Waals surface area contributed by atoms with Gasteiger partial charge in [0.25, 0.3) is 0 Å². The number of pyridine rings is 1. The zero-order valence-corrected chi connectivity index (χ0v) is 8.57. The molecule has 0 bridgehead atoms. The van der Waals surface area contributed by atoms with Gasteiger partial charge in [0.15, 0.2) is 5.17 Å². The molecule has 2 rings (SSSR count). The second kappa shape index (κ2) is 4.70. The number of amidine groups is 1. The third-order valence-electron chi connectivity index (χ3n) is 1.63. The number of carbonyl (C=O) groups excluding carboxylic acids is 1. The number of nitrogens with zero attached hydrogens (tertiary/aromatic N) is 3. The molecule has 5 nitrogen and oxygen atoms in total. The van der Waals surface area contributed by atoms with Gasteiger partial charge in [-0.3, -0.25) is 9.78 Å². The smallest absolute Gasteiger partial charge is 0.236 e. The van der Waals surface area contributed by atoms with E-state index in [4.69, 9.17) is 0 Å². The maximum absolute atomic E-state index is 10.8. The third-order valence-corrected chi connectivity index (χ3v) is 2.49. The van der Waals surface area contributed by atoms with Gasteiger partial charge in [-0.05, 0) is 6.07 Å². The number of rotatable bonds is 2. The topological polar surface area (TPSA) is 66.7 Å². The number of carbonyl (C=O) groups is 1. The highest BCUT2D eigenvalue weighted by Crippen LogP contribution is 2.08. The molecule has 1 N–H and O–H groups in total. The number of hydrogen-bond donors (Lipinski definition) is 1. The Morgan fingerprint density at radius 1 is 1.60 bits per heavy atom. The van der Waals surface area contributed by atoms with Gasteiger partial charge in [-0.15, -0.1) is 5.10 Å². The van der Waals surface area contributed by atoms with E-state index in [0.717, 1.165) is 5.56 Å². The van der Waals surface area contributed by atoms with Crippen LogP contribution in [0, 0.1) is 0 Å². The summed E-state index contributed by atoms with van der Waals surface area (Å²) in [6.07, 6.45) is 4.96. The van der Waals surface area contributed by atoms with Gasteiger partial charge < -0.3 is 5.32 Å². The van der Waals surface area contributed by atoms with Crippen molar-refractivity contribution in [3.05, 3.63) is 30.1 Å². The van der Waals surface area contributed by atoms with Crippen LogP contribution in [0.4, 0.5) is 0 Å². The van der Waals surface area contributed by atoms with Crippen molar-refractivity contribution in [1.82, 2.24) is 10.3 Å². The van der Waals surface area contributed by atoms with Crippen LogP contribution in [0.25, 0.3) is 0 Å². The highest BCUT2D eigenvalue weighted by Gasteiger charge is 2.15.